The van der Waals surface area contributed by atoms with Gasteiger partial charge in [0.1, 0.15) is 17.9 Å². The molecule has 1 rings (SSSR count). The molecule has 5 nitrogen and oxygen atoms in total. The van der Waals surface area contributed by atoms with Crippen molar-refractivity contribution in [2.75, 3.05) is 7.11 Å². The van der Waals surface area contributed by atoms with E-state index in [1.807, 2.05) is 6.07 Å². The summed E-state index contributed by atoms with van der Waals surface area (Å²) in [5.41, 5.74) is 1.33. The fourth-order valence-corrected chi connectivity index (χ4v) is 1.30. The summed E-state index contributed by atoms with van der Waals surface area (Å²) in [5, 5.41) is 20.4. The lowest BCUT2D eigenvalue weighted by Crippen LogP contribution is -2.33. The molecule has 2 N–H and O–H groups in total. The first kappa shape index (κ1) is 13.0. The Bertz CT molecular complexity index is 452. The molecule has 1 aromatic rings. The highest BCUT2D eigenvalue weighted by Gasteiger charge is 2.10. The Morgan fingerprint density at radius 2 is 2.35 bits per heavy atom. The Kier molecular flexibility index (Phi) is 4.49. The highest BCUT2D eigenvalue weighted by Crippen LogP contribution is 2.19. The van der Waals surface area contributed by atoms with Crippen LogP contribution in [0.5, 0.6) is 5.75 Å². The summed E-state index contributed by atoms with van der Waals surface area (Å²) in [7, 11) is 1.49. The van der Waals surface area contributed by atoms with Gasteiger partial charge in [-0.3, -0.25) is 4.79 Å². The Hall–Kier alpha value is -2.06. The molecule has 0 saturated heterocycles. The van der Waals surface area contributed by atoms with E-state index in [0.717, 1.165) is 5.56 Å². The summed E-state index contributed by atoms with van der Waals surface area (Å²) < 4.78 is 5.06. The number of carboxylic acid groups (broad SMARTS) is 1. The van der Waals surface area contributed by atoms with Crippen LogP contribution in [0.25, 0.3) is 0 Å². The van der Waals surface area contributed by atoms with Crippen LogP contribution in [0, 0.1) is 11.3 Å². The molecule has 0 aliphatic carbocycles. The lowest BCUT2D eigenvalue weighted by molar-refractivity contribution is -0.139. The molecule has 5 heteroatoms. The van der Waals surface area contributed by atoms with Crippen molar-refractivity contribution in [1.82, 2.24) is 5.32 Å². The van der Waals surface area contributed by atoms with E-state index in [0.29, 0.717) is 17.9 Å². The summed E-state index contributed by atoms with van der Waals surface area (Å²) >= 11 is 0. The van der Waals surface area contributed by atoms with Crippen LogP contribution < -0.4 is 10.1 Å². The van der Waals surface area contributed by atoms with Gasteiger partial charge < -0.3 is 15.2 Å². The molecule has 0 amide bonds. The van der Waals surface area contributed by atoms with Crippen LogP contribution in [-0.4, -0.2) is 24.2 Å². The molecule has 0 unspecified atom stereocenters. The van der Waals surface area contributed by atoms with Crippen LogP contribution in [-0.2, 0) is 11.3 Å². The van der Waals surface area contributed by atoms with Gasteiger partial charge in [0, 0.05) is 6.54 Å². The number of rotatable bonds is 5. The van der Waals surface area contributed by atoms with E-state index in [2.05, 4.69) is 5.32 Å². The lowest BCUT2D eigenvalue weighted by atomic mass is 10.1. The molecule has 0 radical (unpaired) electrons. The quantitative estimate of drug-likeness (QED) is 0.798. The molecule has 0 bridgehead atoms. The number of carboxylic acids is 1. The third kappa shape index (κ3) is 3.47. The molecule has 1 atom stereocenters. The maximum absolute atomic E-state index is 10.6. The number of nitrogens with one attached hydrogen (secondary N) is 1. The van der Waals surface area contributed by atoms with E-state index in [4.69, 9.17) is 15.1 Å². The highest BCUT2D eigenvalue weighted by molar-refractivity contribution is 5.72. The average Bonchev–Trinajstić information content (AvgIpc) is 2.35. The molecule has 0 spiro atoms. The van der Waals surface area contributed by atoms with Gasteiger partial charge in [0.05, 0.1) is 12.7 Å². The number of hydrogen-bond donors (Lipinski definition) is 2. The molecule has 17 heavy (non-hydrogen) atoms. The van der Waals surface area contributed by atoms with E-state index < -0.39 is 12.0 Å². The van der Waals surface area contributed by atoms with Gasteiger partial charge in [0.25, 0.3) is 0 Å². The third-order valence-corrected chi connectivity index (χ3v) is 2.37. The number of ether oxygens (including phenoxy) is 1. The normalized spacial score (nSPS) is 11.6. The minimum absolute atomic E-state index is 0.412. The molecular weight excluding hydrogens is 220 g/mol. The number of nitrogens with zero attached hydrogens (tertiary/aromatic N) is 1. The van der Waals surface area contributed by atoms with Gasteiger partial charge in [0.2, 0.25) is 0 Å². The fourth-order valence-electron chi connectivity index (χ4n) is 1.30. The zero-order valence-electron chi connectivity index (χ0n) is 9.73. The van der Waals surface area contributed by atoms with Crippen molar-refractivity contribution in [1.29, 1.82) is 5.26 Å². The SMILES string of the molecule is COc1cc(CN[C@H](C)C(=O)O)ccc1C#N. The standard InChI is InChI=1S/C12H14N2O3/c1-8(12(15)16)14-7-9-3-4-10(6-13)11(5-9)17-2/h3-5,8,14H,7H2,1-2H3,(H,15,16)/t8-/m1/s1. The average molecular weight is 234 g/mol. The summed E-state index contributed by atoms with van der Waals surface area (Å²) in [5.74, 6) is -0.402. The Labute approximate surface area is 99.6 Å². The van der Waals surface area contributed by atoms with E-state index in [9.17, 15) is 4.79 Å². The second kappa shape index (κ2) is 5.87. The largest absolute Gasteiger partial charge is 0.495 e. The van der Waals surface area contributed by atoms with Crippen molar-refractivity contribution in [3.05, 3.63) is 29.3 Å². The van der Waals surface area contributed by atoms with E-state index in [1.165, 1.54) is 7.11 Å². The highest BCUT2D eigenvalue weighted by atomic mass is 16.5. The number of aliphatic carboxylic acids is 1. The Morgan fingerprint density at radius 3 is 2.88 bits per heavy atom. The van der Waals surface area contributed by atoms with Crippen LogP contribution in [0.1, 0.15) is 18.1 Å². The zero-order chi connectivity index (χ0) is 12.8. The second-order valence-electron chi connectivity index (χ2n) is 3.59. The number of hydrogen-bond acceptors (Lipinski definition) is 4. The monoisotopic (exact) mass is 234 g/mol. The molecule has 0 aromatic heterocycles. The smallest absolute Gasteiger partial charge is 0.320 e. The van der Waals surface area contributed by atoms with Crippen molar-refractivity contribution in [2.45, 2.75) is 19.5 Å². The maximum Gasteiger partial charge on any atom is 0.320 e. The molecule has 0 fully saturated rings. The van der Waals surface area contributed by atoms with E-state index >= 15 is 0 Å². The van der Waals surface area contributed by atoms with Crippen LogP contribution in [0.2, 0.25) is 0 Å². The summed E-state index contributed by atoms with van der Waals surface area (Å²) in [6.45, 7) is 1.98. The van der Waals surface area contributed by atoms with Gasteiger partial charge in [-0.05, 0) is 24.6 Å². The topological polar surface area (TPSA) is 82.3 Å². The van der Waals surface area contributed by atoms with Crippen molar-refractivity contribution >= 4 is 5.97 Å². The molecular formula is C12H14N2O3. The van der Waals surface area contributed by atoms with Gasteiger partial charge in [-0.2, -0.15) is 5.26 Å². The van der Waals surface area contributed by atoms with Crippen LogP contribution >= 0.6 is 0 Å². The lowest BCUT2D eigenvalue weighted by Gasteiger charge is -2.10. The molecule has 0 aliphatic rings. The molecule has 1 aromatic carbocycles. The van der Waals surface area contributed by atoms with Crippen molar-refractivity contribution in [3.8, 4) is 11.8 Å². The number of benzene rings is 1. The Balaban J connectivity index is 2.74. The van der Waals surface area contributed by atoms with Crippen LogP contribution in [0.15, 0.2) is 18.2 Å². The predicted octanol–water partition coefficient (Wildman–Crippen LogP) is 1.13. The first-order valence-electron chi connectivity index (χ1n) is 5.11. The van der Waals surface area contributed by atoms with Crippen LogP contribution in [0.4, 0.5) is 0 Å². The first-order valence-corrected chi connectivity index (χ1v) is 5.11. The Morgan fingerprint density at radius 1 is 1.65 bits per heavy atom. The summed E-state index contributed by atoms with van der Waals surface area (Å²) in [4.78, 5) is 10.6. The number of methoxy groups -OCH3 is 1. The van der Waals surface area contributed by atoms with Gasteiger partial charge in [-0.1, -0.05) is 6.07 Å². The van der Waals surface area contributed by atoms with Crippen LogP contribution in [0.3, 0.4) is 0 Å². The van der Waals surface area contributed by atoms with E-state index in [-0.39, 0.29) is 0 Å². The molecule has 0 saturated carbocycles. The second-order valence-corrected chi connectivity index (χ2v) is 3.59. The fraction of sp³-hybridized carbons (Fsp3) is 0.333. The molecule has 0 heterocycles. The van der Waals surface area contributed by atoms with Crippen molar-refractivity contribution in [2.24, 2.45) is 0 Å². The first-order chi connectivity index (χ1) is 8.08. The van der Waals surface area contributed by atoms with Gasteiger partial charge >= 0.3 is 5.97 Å². The zero-order valence-corrected chi connectivity index (χ0v) is 9.73. The van der Waals surface area contributed by atoms with Gasteiger partial charge in [-0.25, -0.2) is 0 Å². The molecule has 0 aliphatic heterocycles. The van der Waals surface area contributed by atoms with Crippen molar-refractivity contribution < 1.29 is 14.6 Å². The predicted molar refractivity (Wildman–Crippen MR) is 61.6 cm³/mol. The van der Waals surface area contributed by atoms with E-state index in [1.54, 1.807) is 25.1 Å². The summed E-state index contributed by atoms with van der Waals surface area (Å²) in [6, 6.07) is 6.55. The summed E-state index contributed by atoms with van der Waals surface area (Å²) in [6.07, 6.45) is 0. The number of carbonyl (C=O) groups is 1. The van der Waals surface area contributed by atoms with Gasteiger partial charge in [0.15, 0.2) is 0 Å². The van der Waals surface area contributed by atoms with Gasteiger partial charge in [-0.15, -0.1) is 0 Å². The minimum Gasteiger partial charge on any atom is -0.495 e. The number of nitriles is 1. The third-order valence-electron chi connectivity index (χ3n) is 2.37. The maximum atomic E-state index is 10.6. The molecule has 90 valence electrons. The van der Waals surface area contributed by atoms with Crippen molar-refractivity contribution in [3.63, 3.8) is 0 Å². The minimum atomic E-state index is -0.898.